The molecule has 142 valence electrons. The third-order valence-corrected chi connectivity index (χ3v) is 6.00. The number of ether oxygens (including phenoxy) is 1. The number of nitrogens with two attached hydrogens (primary N) is 1. The molecule has 0 unspecified atom stereocenters. The maximum absolute atomic E-state index is 12.7. The Hall–Kier alpha value is -1.26. The molecule has 0 spiro atoms. The van der Waals surface area contributed by atoms with Crippen LogP contribution in [-0.2, 0) is 14.8 Å². The fourth-order valence-electron chi connectivity index (χ4n) is 2.71. The van der Waals surface area contributed by atoms with Crippen molar-refractivity contribution in [2.24, 2.45) is 5.73 Å². The third-order valence-electron chi connectivity index (χ3n) is 4.11. The van der Waals surface area contributed by atoms with Gasteiger partial charge in [0, 0.05) is 31.3 Å². The van der Waals surface area contributed by atoms with Crippen LogP contribution in [0.5, 0.6) is 0 Å². The fraction of sp³-hybridized carbons (Fsp3) is 0.600. The molecule has 2 N–H and O–H groups in total. The highest BCUT2D eigenvalue weighted by molar-refractivity contribution is 7.89. The number of aryl methyl sites for hydroxylation is 1. The van der Waals surface area contributed by atoms with Crippen molar-refractivity contribution in [3.05, 3.63) is 33.9 Å². The van der Waals surface area contributed by atoms with Gasteiger partial charge in [-0.25, -0.2) is 8.42 Å². The number of rotatable bonds is 7. The zero-order valence-electron chi connectivity index (χ0n) is 14.1. The normalized spacial score (nSPS) is 16.4. The van der Waals surface area contributed by atoms with Crippen LogP contribution in [0, 0.1) is 17.0 Å². The van der Waals surface area contributed by atoms with E-state index in [1.165, 1.54) is 29.4 Å². The molecule has 0 aliphatic carbocycles. The average molecular weight is 394 g/mol. The summed E-state index contributed by atoms with van der Waals surface area (Å²) in [5.74, 6) is 0. The highest BCUT2D eigenvalue weighted by atomic mass is 35.5. The Morgan fingerprint density at radius 1 is 1.36 bits per heavy atom. The number of piperidine rings is 1. The minimum absolute atomic E-state index is 0. The first kappa shape index (κ1) is 21.8. The summed E-state index contributed by atoms with van der Waals surface area (Å²) >= 11 is 0. The van der Waals surface area contributed by atoms with Gasteiger partial charge in [-0.05, 0) is 44.9 Å². The molecule has 10 heteroatoms. The van der Waals surface area contributed by atoms with Crippen molar-refractivity contribution in [1.29, 1.82) is 0 Å². The molecule has 0 radical (unpaired) electrons. The van der Waals surface area contributed by atoms with Gasteiger partial charge in [0.1, 0.15) is 0 Å². The fourth-order valence-corrected chi connectivity index (χ4v) is 4.27. The number of hydrogen-bond donors (Lipinski definition) is 1. The molecule has 25 heavy (non-hydrogen) atoms. The van der Waals surface area contributed by atoms with E-state index in [4.69, 9.17) is 10.5 Å². The van der Waals surface area contributed by atoms with E-state index in [1.807, 2.05) is 0 Å². The van der Waals surface area contributed by atoms with Gasteiger partial charge in [-0.15, -0.1) is 12.4 Å². The monoisotopic (exact) mass is 393 g/mol. The zero-order valence-corrected chi connectivity index (χ0v) is 15.7. The molecule has 0 amide bonds. The number of hydrogen-bond acceptors (Lipinski definition) is 6. The Labute approximate surface area is 153 Å². The first-order valence-corrected chi connectivity index (χ1v) is 9.37. The van der Waals surface area contributed by atoms with Crippen molar-refractivity contribution in [3.8, 4) is 0 Å². The first-order chi connectivity index (χ1) is 11.4. The predicted molar refractivity (Wildman–Crippen MR) is 96.5 cm³/mol. The Bertz CT molecular complexity index is 690. The molecule has 1 aromatic carbocycles. The average Bonchev–Trinajstić information content (AvgIpc) is 2.55. The Morgan fingerprint density at radius 3 is 2.52 bits per heavy atom. The van der Waals surface area contributed by atoms with Gasteiger partial charge in [0.15, 0.2) is 0 Å². The molecule has 0 bridgehead atoms. The largest absolute Gasteiger partial charge is 0.378 e. The lowest BCUT2D eigenvalue weighted by atomic mass is 10.1. The van der Waals surface area contributed by atoms with Gasteiger partial charge in [0.05, 0.1) is 15.9 Å². The second kappa shape index (κ2) is 9.44. The van der Waals surface area contributed by atoms with Crippen LogP contribution in [0.15, 0.2) is 23.1 Å². The highest BCUT2D eigenvalue weighted by Gasteiger charge is 2.30. The second-order valence-corrected chi connectivity index (χ2v) is 7.76. The number of nitrogens with zero attached hydrogens (tertiary/aromatic N) is 2. The number of halogens is 1. The van der Waals surface area contributed by atoms with Crippen molar-refractivity contribution >= 4 is 28.1 Å². The summed E-state index contributed by atoms with van der Waals surface area (Å²) in [6.45, 7) is 3.47. The molecule has 2 rings (SSSR count). The van der Waals surface area contributed by atoms with E-state index in [9.17, 15) is 18.5 Å². The molecule has 0 atom stereocenters. The molecule has 1 aliphatic heterocycles. The van der Waals surface area contributed by atoms with E-state index >= 15 is 0 Å². The maximum atomic E-state index is 12.7. The SMILES string of the molecule is Cc1cc(S(=O)(=O)N2CCC(OCCCN)CC2)ccc1[N+](=O)[O-].Cl. The third kappa shape index (κ3) is 5.35. The molecule has 1 saturated heterocycles. The van der Waals surface area contributed by atoms with E-state index in [-0.39, 0.29) is 29.1 Å². The Kier molecular flexibility index (Phi) is 8.23. The molecular formula is C15H24ClN3O5S. The topological polar surface area (TPSA) is 116 Å². The Balaban J connectivity index is 0.00000312. The van der Waals surface area contributed by atoms with Crippen LogP contribution in [0.2, 0.25) is 0 Å². The van der Waals surface area contributed by atoms with Gasteiger partial charge >= 0.3 is 0 Å². The van der Waals surface area contributed by atoms with E-state index in [0.29, 0.717) is 44.6 Å². The van der Waals surface area contributed by atoms with E-state index in [1.54, 1.807) is 0 Å². The molecular weight excluding hydrogens is 370 g/mol. The second-order valence-electron chi connectivity index (χ2n) is 5.82. The summed E-state index contributed by atoms with van der Waals surface area (Å²) < 4.78 is 32.5. The van der Waals surface area contributed by atoms with Gasteiger partial charge in [-0.3, -0.25) is 10.1 Å². The van der Waals surface area contributed by atoms with Crippen molar-refractivity contribution in [3.63, 3.8) is 0 Å². The molecule has 1 aliphatic rings. The minimum Gasteiger partial charge on any atom is -0.378 e. The van der Waals surface area contributed by atoms with Crippen LogP contribution >= 0.6 is 12.4 Å². The lowest BCUT2D eigenvalue weighted by Crippen LogP contribution is -2.41. The number of nitro groups is 1. The predicted octanol–water partition coefficient (Wildman–Crippen LogP) is 1.84. The van der Waals surface area contributed by atoms with Crippen LogP contribution in [0.25, 0.3) is 0 Å². The van der Waals surface area contributed by atoms with Crippen molar-refractivity contribution < 1.29 is 18.1 Å². The number of sulfonamides is 1. The van der Waals surface area contributed by atoms with Crippen molar-refractivity contribution in [1.82, 2.24) is 4.31 Å². The van der Waals surface area contributed by atoms with Crippen LogP contribution in [0.3, 0.4) is 0 Å². The summed E-state index contributed by atoms with van der Waals surface area (Å²) in [6, 6.07) is 3.90. The lowest BCUT2D eigenvalue weighted by molar-refractivity contribution is -0.385. The maximum Gasteiger partial charge on any atom is 0.272 e. The summed E-state index contributed by atoms with van der Waals surface area (Å²) in [7, 11) is -3.64. The van der Waals surface area contributed by atoms with Gasteiger partial charge < -0.3 is 10.5 Å². The van der Waals surface area contributed by atoms with Gasteiger partial charge in [-0.1, -0.05) is 0 Å². The first-order valence-electron chi connectivity index (χ1n) is 7.93. The lowest BCUT2D eigenvalue weighted by Gasteiger charge is -2.31. The highest BCUT2D eigenvalue weighted by Crippen LogP contribution is 2.26. The van der Waals surface area contributed by atoms with Crippen LogP contribution in [0.4, 0.5) is 5.69 Å². The van der Waals surface area contributed by atoms with Crippen LogP contribution < -0.4 is 5.73 Å². The molecule has 1 heterocycles. The number of nitro benzene ring substituents is 1. The Morgan fingerprint density at radius 2 is 2.00 bits per heavy atom. The molecule has 0 aromatic heterocycles. The molecule has 1 fully saturated rings. The van der Waals surface area contributed by atoms with E-state index < -0.39 is 14.9 Å². The van der Waals surface area contributed by atoms with Gasteiger partial charge in [0.2, 0.25) is 10.0 Å². The van der Waals surface area contributed by atoms with Crippen LogP contribution in [-0.4, -0.2) is 50.0 Å². The summed E-state index contributed by atoms with van der Waals surface area (Å²) in [5.41, 5.74) is 5.67. The summed E-state index contributed by atoms with van der Waals surface area (Å²) in [6.07, 6.45) is 2.12. The van der Waals surface area contributed by atoms with Gasteiger partial charge in [-0.2, -0.15) is 4.31 Å². The smallest absolute Gasteiger partial charge is 0.272 e. The molecule has 1 aromatic rings. The van der Waals surface area contributed by atoms with Crippen LogP contribution in [0.1, 0.15) is 24.8 Å². The molecule has 0 saturated carbocycles. The van der Waals surface area contributed by atoms with Crippen molar-refractivity contribution in [2.45, 2.75) is 37.2 Å². The van der Waals surface area contributed by atoms with E-state index in [2.05, 4.69) is 0 Å². The van der Waals surface area contributed by atoms with E-state index in [0.717, 1.165) is 6.42 Å². The van der Waals surface area contributed by atoms with Gasteiger partial charge in [0.25, 0.3) is 5.69 Å². The summed E-state index contributed by atoms with van der Waals surface area (Å²) in [5, 5.41) is 10.9. The molecule has 8 nitrogen and oxygen atoms in total. The zero-order chi connectivity index (χ0) is 17.7. The number of benzene rings is 1. The summed E-state index contributed by atoms with van der Waals surface area (Å²) in [4.78, 5) is 10.4. The van der Waals surface area contributed by atoms with Crippen molar-refractivity contribution in [2.75, 3.05) is 26.2 Å². The quantitative estimate of drug-likeness (QED) is 0.429. The minimum atomic E-state index is -3.64. The standard InChI is InChI=1S/C15H23N3O5S.ClH/c1-12-11-14(3-4-15(12)18(19)20)24(21,22)17-8-5-13(6-9-17)23-10-2-7-16;/h3-4,11,13H,2,5-10,16H2,1H3;1H.